The van der Waals surface area contributed by atoms with Gasteiger partial charge in [0.2, 0.25) is 5.91 Å². The van der Waals surface area contributed by atoms with Crippen molar-refractivity contribution in [1.82, 2.24) is 24.9 Å². The Morgan fingerprint density at radius 1 is 0.556 bits per heavy atom. The lowest BCUT2D eigenvalue weighted by molar-refractivity contribution is -0.146. The van der Waals surface area contributed by atoms with E-state index in [1.165, 1.54) is 20.8 Å². The van der Waals surface area contributed by atoms with E-state index >= 15 is 0 Å². The van der Waals surface area contributed by atoms with Gasteiger partial charge < -0.3 is 25.7 Å². The number of rotatable bonds is 10. The molecular weight excluding hydrogens is 478 g/mol. The molecule has 1 aliphatic rings. The lowest BCUT2D eigenvalue weighted by Gasteiger charge is -2.38. The molecule has 1 saturated heterocycles. The molecule has 1 rings (SSSR count). The summed E-state index contributed by atoms with van der Waals surface area (Å²) in [5, 5.41) is 39.9. The van der Waals surface area contributed by atoms with Gasteiger partial charge in [0.1, 0.15) is 24.7 Å². The van der Waals surface area contributed by atoms with E-state index in [0.717, 1.165) is 0 Å². The van der Waals surface area contributed by atoms with Crippen LogP contribution in [-0.2, 0) is 24.0 Å². The highest BCUT2D eigenvalue weighted by atomic mass is 16.4. The van der Waals surface area contributed by atoms with Crippen molar-refractivity contribution in [2.75, 3.05) is 58.9 Å². The summed E-state index contributed by atoms with van der Waals surface area (Å²) in [5.74, 6) is -4.82. The van der Waals surface area contributed by atoms with Gasteiger partial charge in [-0.25, -0.2) is 0 Å². The predicted molar refractivity (Wildman–Crippen MR) is 128 cm³/mol. The van der Waals surface area contributed by atoms with Crippen molar-refractivity contribution in [2.45, 2.75) is 51.9 Å². The van der Waals surface area contributed by atoms with Crippen molar-refractivity contribution in [3.05, 3.63) is 0 Å². The second kappa shape index (κ2) is 14.7. The number of aliphatic carboxylic acids is 4. The summed E-state index contributed by atoms with van der Waals surface area (Å²) < 4.78 is 0. The zero-order valence-corrected chi connectivity index (χ0v) is 21.3. The molecule has 0 saturated carbocycles. The molecule has 1 amide bonds. The van der Waals surface area contributed by atoms with Gasteiger partial charge in [-0.3, -0.25) is 43.6 Å². The van der Waals surface area contributed by atoms with Crippen LogP contribution >= 0.6 is 0 Å². The summed E-state index contributed by atoms with van der Waals surface area (Å²) in [5.41, 5.74) is 0. The van der Waals surface area contributed by atoms with Crippen molar-refractivity contribution >= 4 is 29.8 Å². The number of nitrogens with one attached hydrogen (secondary N) is 1. The number of hydrogen-bond acceptors (Lipinski definition) is 9. The van der Waals surface area contributed by atoms with Crippen LogP contribution in [0.4, 0.5) is 0 Å². The zero-order chi connectivity index (χ0) is 27.6. The molecule has 0 aromatic heterocycles. The van der Waals surface area contributed by atoms with E-state index in [9.17, 15) is 39.3 Å². The maximum absolute atomic E-state index is 12.6. The van der Waals surface area contributed by atoms with Crippen LogP contribution in [0.3, 0.4) is 0 Å². The third kappa shape index (κ3) is 9.68. The summed E-state index contributed by atoms with van der Waals surface area (Å²) in [7, 11) is 0. The quantitative estimate of drug-likeness (QED) is 0.219. The SMILES string of the molecule is CC(C(=O)O)N1CCN(C(C)C(=O)O)CCN(C(C)C(=O)NCC(=O)O)CCN(C(C)C(=O)O)CC1. The van der Waals surface area contributed by atoms with Crippen molar-refractivity contribution in [1.29, 1.82) is 0 Å². The average molecular weight is 518 g/mol. The summed E-state index contributed by atoms with van der Waals surface area (Å²) in [6.07, 6.45) is 0. The predicted octanol–water partition coefficient (Wildman–Crippen LogP) is -1.78. The fourth-order valence-corrected chi connectivity index (χ4v) is 3.97. The number of amides is 1. The summed E-state index contributed by atoms with van der Waals surface area (Å²) in [4.78, 5) is 65.3. The van der Waals surface area contributed by atoms with Gasteiger partial charge in [0, 0.05) is 52.4 Å². The van der Waals surface area contributed by atoms with Crippen LogP contribution in [0.2, 0.25) is 0 Å². The molecular formula is C22H39N5O9. The van der Waals surface area contributed by atoms with Gasteiger partial charge in [0.15, 0.2) is 0 Å². The molecule has 1 aliphatic heterocycles. The van der Waals surface area contributed by atoms with E-state index < -0.39 is 60.5 Å². The molecule has 0 radical (unpaired) electrons. The van der Waals surface area contributed by atoms with Crippen LogP contribution in [0.25, 0.3) is 0 Å². The highest BCUT2D eigenvalue weighted by molar-refractivity contribution is 5.84. The van der Waals surface area contributed by atoms with Gasteiger partial charge in [-0.15, -0.1) is 0 Å². The first kappa shape index (κ1) is 31.2. The Hall–Kier alpha value is -2.81. The second-order valence-corrected chi connectivity index (χ2v) is 8.97. The average Bonchev–Trinajstić information content (AvgIpc) is 2.80. The highest BCUT2D eigenvalue weighted by Crippen LogP contribution is 2.11. The first-order valence-electron chi connectivity index (χ1n) is 11.9. The Labute approximate surface area is 210 Å². The normalized spacial score (nSPS) is 21.2. The van der Waals surface area contributed by atoms with Crippen molar-refractivity contribution in [3.8, 4) is 0 Å². The lowest BCUT2D eigenvalue weighted by Crippen LogP contribution is -2.56. The number of nitrogens with zero attached hydrogens (tertiary/aromatic N) is 4. The van der Waals surface area contributed by atoms with E-state index in [1.807, 2.05) is 0 Å². The van der Waals surface area contributed by atoms with Gasteiger partial charge >= 0.3 is 23.9 Å². The van der Waals surface area contributed by atoms with Crippen LogP contribution in [0.1, 0.15) is 27.7 Å². The minimum absolute atomic E-state index is 0.243. The minimum atomic E-state index is -1.19. The first-order chi connectivity index (χ1) is 16.8. The first-order valence-corrected chi connectivity index (χ1v) is 11.9. The third-order valence-corrected chi connectivity index (χ3v) is 6.75. The molecule has 0 aromatic carbocycles. The summed E-state index contributed by atoms with van der Waals surface area (Å²) >= 11 is 0. The lowest BCUT2D eigenvalue weighted by atomic mass is 10.2. The number of carbonyl (C=O) groups is 5. The van der Waals surface area contributed by atoms with Crippen LogP contribution in [0.5, 0.6) is 0 Å². The molecule has 5 N–H and O–H groups in total. The number of hydrogen-bond donors (Lipinski definition) is 5. The maximum Gasteiger partial charge on any atom is 0.322 e. The fraction of sp³-hybridized carbons (Fsp3) is 0.773. The largest absolute Gasteiger partial charge is 0.480 e. The molecule has 0 aliphatic carbocycles. The standard InChI is InChI=1S/C22H39N5O9/c1-14(19(30)23-13-18(28)29)24-5-7-25(15(2)20(31)32)9-11-27(17(4)22(35)36)12-10-26(8-6-24)16(3)21(33)34/h14-17H,5-13H2,1-4H3,(H,23,30)(H,28,29)(H,31,32)(H,33,34)(H,35,36). The topological polar surface area (TPSA) is 191 Å². The van der Waals surface area contributed by atoms with Crippen molar-refractivity contribution in [2.24, 2.45) is 0 Å². The molecule has 14 nitrogen and oxygen atoms in total. The Morgan fingerprint density at radius 2 is 0.806 bits per heavy atom. The Morgan fingerprint density at radius 3 is 1.03 bits per heavy atom. The zero-order valence-electron chi connectivity index (χ0n) is 21.3. The summed E-state index contributed by atoms with van der Waals surface area (Å²) in [6, 6.07) is -3.33. The van der Waals surface area contributed by atoms with Gasteiger partial charge in [0.25, 0.3) is 0 Å². The van der Waals surface area contributed by atoms with Crippen LogP contribution in [0.15, 0.2) is 0 Å². The minimum Gasteiger partial charge on any atom is -0.480 e. The Kier molecular flexibility index (Phi) is 12.7. The number of carbonyl (C=O) groups excluding carboxylic acids is 1. The summed E-state index contributed by atoms with van der Waals surface area (Å²) in [6.45, 7) is 7.63. The molecule has 36 heavy (non-hydrogen) atoms. The van der Waals surface area contributed by atoms with Crippen molar-refractivity contribution in [3.63, 3.8) is 0 Å². The molecule has 1 fully saturated rings. The molecule has 4 unspecified atom stereocenters. The molecule has 206 valence electrons. The van der Waals surface area contributed by atoms with E-state index in [4.69, 9.17) is 5.11 Å². The van der Waals surface area contributed by atoms with Crippen molar-refractivity contribution < 1.29 is 44.4 Å². The van der Waals surface area contributed by atoms with E-state index in [2.05, 4.69) is 5.32 Å². The van der Waals surface area contributed by atoms with E-state index in [0.29, 0.717) is 0 Å². The molecule has 4 atom stereocenters. The highest BCUT2D eigenvalue weighted by Gasteiger charge is 2.30. The second-order valence-electron chi connectivity index (χ2n) is 8.97. The monoisotopic (exact) mass is 517 g/mol. The smallest absolute Gasteiger partial charge is 0.322 e. The maximum atomic E-state index is 12.6. The van der Waals surface area contributed by atoms with Crippen LogP contribution < -0.4 is 5.32 Å². The molecule has 14 heteroatoms. The van der Waals surface area contributed by atoms with Crippen LogP contribution in [-0.4, -0.2) is 153 Å². The molecule has 0 aromatic rings. The number of carboxylic acid groups (broad SMARTS) is 4. The molecule has 1 heterocycles. The van der Waals surface area contributed by atoms with E-state index in [1.54, 1.807) is 26.5 Å². The van der Waals surface area contributed by atoms with Gasteiger partial charge in [-0.1, -0.05) is 0 Å². The molecule has 0 spiro atoms. The fourth-order valence-electron chi connectivity index (χ4n) is 3.97. The third-order valence-electron chi connectivity index (χ3n) is 6.75. The van der Waals surface area contributed by atoms with Gasteiger partial charge in [-0.05, 0) is 27.7 Å². The molecule has 0 bridgehead atoms. The Balaban J connectivity index is 3.24. The number of carboxylic acids is 4. The van der Waals surface area contributed by atoms with E-state index in [-0.39, 0.29) is 52.4 Å². The Bertz CT molecular complexity index is 760. The van der Waals surface area contributed by atoms with Crippen LogP contribution in [0, 0.1) is 0 Å². The van der Waals surface area contributed by atoms with Gasteiger partial charge in [0.05, 0.1) is 6.04 Å². The van der Waals surface area contributed by atoms with Gasteiger partial charge in [-0.2, -0.15) is 0 Å².